The number of amides is 1. The Labute approximate surface area is 191 Å². The lowest BCUT2D eigenvalue weighted by molar-refractivity contribution is -0.137. The monoisotopic (exact) mass is 484 g/mol. The van der Waals surface area contributed by atoms with Crippen LogP contribution in [-0.2, 0) is 26.0 Å². The Kier molecular flexibility index (Phi) is 9.83. The molecular formula is C21H25ClN2O5S2. The molecule has 0 aliphatic rings. The second-order valence-corrected chi connectivity index (χ2v) is 10.2. The van der Waals surface area contributed by atoms with Crippen LogP contribution in [-0.4, -0.2) is 42.9 Å². The largest absolute Gasteiger partial charge is 0.481 e. The quantitative estimate of drug-likeness (QED) is 0.395. The SMILES string of the molecule is CCSCCC(NS(=O)(=O)c1ccc(Cl)cc1)C(=O)Nc1ccc(CCC(=O)O)cc1. The van der Waals surface area contributed by atoms with Crippen LogP contribution >= 0.6 is 23.4 Å². The third-order valence-electron chi connectivity index (χ3n) is 4.34. The van der Waals surface area contributed by atoms with Gasteiger partial charge in [0, 0.05) is 17.1 Å². The van der Waals surface area contributed by atoms with Crippen LogP contribution in [0, 0.1) is 0 Å². The van der Waals surface area contributed by atoms with Crippen LogP contribution in [0.3, 0.4) is 0 Å². The number of rotatable bonds is 12. The van der Waals surface area contributed by atoms with Crippen molar-refractivity contribution in [2.45, 2.75) is 37.1 Å². The number of carboxylic acid groups (broad SMARTS) is 1. The van der Waals surface area contributed by atoms with Crippen LogP contribution in [0.15, 0.2) is 53.4 Å². The zero-order valence-electron chi connectivity index (χ0n) is 17.0. The highest BCUT2D eigenvalue weighted by atomic mass is 35.5. The first kappa shape index (κ1) is 25.2. The van der Waals surface area contributed by atoms with Crippen molar-refractivity contribution in [1.29, 1.82) is 0 Å². The highest BCUT2D eigenvalue weighted by Gasteiger charge is 2.25. The molecular weight excluding hydrogens is 460 g/mol. The molecule has 1 atom stereocenters. The number of halogens is 1. The predicted molar refractivity (Wildman–Crippen MR) is 124 cm³/mol. The molecule has 1 amide bonds. The fourth-order valence-electron chi connectivity index (χ4n) is 2.69. The number of hydrogen-bond donors (Lipinski definition) is 3. The van der Waals surface area contributed by atoms with Crippen LogP contribution in [0.25, 0.3) is 0 Å². The van der Waals surface area contributed by atoms with E-state index in [0.29, 0.717) is 29.3 Å². The molecule has 0 saturated carbocycles. The van der Waals surface area contributed by atoms with Gasteiger partial charge in [-0.3, -0.25) is 9.59 Å². The molecule has 3 N–H and O–H groups in total. The van der Waals surface area contributed by atoms with E-state index in [2.05, 4.69) is 10.0 Å². The summed E-state index contributed by atoms with van der Waals surface area (Å²) in [5, 5.41) is 11.9. The first-order valence-corrected chi connectivity index (χ1v) is 12.7. The highest BCUT2D eigenvalue weighted by Crippen LogP contribution is 2.17. The zero-order valence-corrected chi connectivity index (χ0v) is 19.4. The van der Waals surface area contributed by atoms with Crippen molar-refractivity contribution in [3.8, 4) is 0 Å². The van der Waals surface area contributed by atoms with Gasteiger partial charge in [0.25, 0.3) is 0 Å². The van der Waals surface area contributed by atoms with Crippen molar-refractivity contribution in [2.75, 3.05) is 16.8 Å². The molecule has 0 aliphatic heterocycles. The maximum absolute atomic E-state index is 12.8. The number of aryl methyl sites for hydroxylation is 1. The molecule has 0 bridgehead atoms. The molecule has 31 heavy (non-hydrogen) atoms. The number of carboxylic acids is 1. The van der Waals surface area contributed by atoms with E-state index in [0.717, 1.165) is 11.3 Å². The van der Waals surface area contributed by atoms with Gasteiger partial charge in [-0.1, -0.05) is 30.7 Å². The van der Waals surface area contributed by atoms with Gasteiger partial charge in [0.2, 0.25) is 15.9 Å². The van der Waals surface area contributed by atoms with Crippen molar-refractivity contribution in [2.24, 2.45) is 0 Å². The summed E-state index contributed by atoms with van der Waals surface area (Å²) in [6.07, 6.45) is 0.741. The number of aliphatic carboxylic acids is 1. The lowest BCUT2D eigenvalue weighted by Crippen LogP contribution is -2.44. The third kappa shape index (κ3) is 8.53. The summed E-state index contributed by atoms with van der Waals surface area (Å²) >= 11 is 7.44. The Morgan fingerprint density at radius 3 is 2.32 bits per heavy atom. The third-order valence-corrected chi connectivity index (χ3v) is 7.01. The second-order valence-electron chi connectivity index (χ2n) is 6.69. The Hall–Kier alpha value is -2.07. The van der Waals surface area contributed by atoms with Crippen molar-refractivity contribution in [1.82, 2.24) is 4.72 Å². The van der Waals surface area contributed by atoms with E-state index in [-0.39, 0.29) is 11.3 Å². The van der Waals surface area contributed by atoms with Gasteiger partial charge >= 0.3 is 5.97 Å². The van der Waals surface area contributed by atoms with E-state index in [1.54, 1.807) is 36.0 Å². The number of thioether (sulfide) groups is 1. The maximum atomic E-state index is 12.8. The minimum atomic E-state index is -3.91. The number of carbonyl (C=O) groups excluding carboxylic acids is 1. The van der Waals surface area contributed by atoms with E-state index >= 15 is 0 Å². The molecule has 1 unspecified atom stereocenters. The number of nitrogens with one attached hydrogen (secondary N) is 2. The summed E-state index contributed by atoms with van der Waals surface area (Å²) in [6.45, 7) is 1.99. The Morgan fingerprint density at radius 1 is 1.10 bits per heavy atom. The Morgan fingerprint density at radius 2 is 1.74 bits per heavy atom. The summed E-state index contributed by atoms with van der Waals surface area (Å²) in [7, 11) is -3.91. The minimum absolute atomic E-state index is 0.0232. The summed E-state index contributed by atoms with van der Waals surface area (Å²) < 4.78 is 27.9. The molecule has 0 fully saturated rings. The fraction of sp³-hybridized carbons (Fsp3) is 0.333. The fourth-order valence-corrected chi connectivity index (χ4v) is 4.74. The van der Waals surface area contributed by atoms with Gasteiger partial charge in [-0.15, -0.1) is 0 Å². The minimum Gasteiger partial charge on any atom is -0.481 e. The number of anilines is 1. The predicted octanol–water partition coefficient (Wildman–Crippen LogP) is 3.79. The summed E-state index contributed by atoms with van der Waals surface area (Å²) in [6, 6.07) is 11.6. The normalized spacial score (nSPS) is 12.3. The van der Waals surface area contributed by atoms with Crippen molar-refractivity contribution < 1.29 is 23.1 Å². The average molecular weight is 485 g/mol. The number of sulfonamides is 1. The molecule has 168 valence electrons. The number of benzene rings is 2. The van der Waals surface area contributed by atoms with Crippen molar-refractivity contribution >= 4 is 50.9 Å². The first-order chi connectivity index (χ1) is 14.7. The maximum Gasteiger partial charge on any atom is 0.303 e. The van der Waals surface area contributed by atoms with Crippen LogP contribution in [0.4, 0.5) is 5.69 Å². The highest BCUT2D eigenvalue weighted by molar-refractivity contribution is 7.99. The van der Waals surface area contributed by atoms with Gasteiger partial charge in [-0.05, 0) is 66.3 Å². The van der Waals surface area contributed by atoms with Crippen molar-refractivity contribution in [3.63, 3.8) is 0 Å². The average Bonchev–Trinajstić information content (AvgIpc) is 2.73. The second kappa shape index (κ2) is 12.1. The molecule has 2 aromatic rings. The molecule has 2 rings (SSSR count). The molecule has 0 aromatic heterocycles. The summed E-state index contributed by atoms with van der Waals surface area (Å²) in [5.41, 5.74) is 1.34. The topological polar surface area (TPSA) is 113 Å². The molecule has 2 aromatic carbocycles. The Bertz CT molecular complexity index is 980. The van der Waals surface area contributed by atoms with Gasteiger partial charge < -0.3 is 10.4 Å². The number of carbonyl (C=O) groups is 2. The van der Waals surface area contributed by atoms with Gasteiger partial charge in [0.1, 0.15) is 6.04 Å². The molecule has 7 nitrogen and oxygen atoms in total. The van der Waals surface area contributed by atoms with Crippen LogP contribution in [0.2, 0.25) is 5.02 Å². The molecule has 10 heteroatoms. The lowest BCUT2D eigenvalue weighted by Gasteiger charge is -2.18. The first-order valence-electron chi connectivity index (χ1n) is 9.68. The molecule has 0 heterocycles. The van der Waals surface area contributed by atoms with Crippen molar-refractivity contribution in [3.05, 3.63) is 59.1 Å². The van der Waals surface area contributed by atoms with E-state index in [9.17, 15) is 18.0 Å². The van der Waals surface area contributed by atoms with E-state index in [1.807, 2.05) is 6.92 Å². The molecule has 0 radical (unpaired) electrons. The molecule has 0 spiro atoms. The zero-order chi connectivity index (χ0) is 22.9. The van der Waals surface area contributed by atoms with Gasteiger partial charge in [0.15, 0.2) is 0 Å². The van der Waals surface area contributed by atoms with Gasteiger partial charge in [-0.25, -0.2) is 8.42 Å². The number of hydrogen-bond acceptors (Lipinski definition) is 5. The van der Waals surface area contributed by atoms with E-state index in [4.69, 9.17) is 16.7 Å². The molecule has 0 saturated heterocycles. The van der Waals surface area contributed by atoms with Crippen LogP contribution in [0.5, 0.6) is 0 Å². The lowest BCUT2D eigenvalue weighted by atomic mass is 10.1. The molecule has 0 aliphatic carbocycles. The van der Waals surface area contributed by atoms with E-state index in [1.165, 1.54) is 24.3 Å². The van der Waals surface area contributed by atoms with E-state index < -0.39 is 27.9 Å². The Balaban J connectivity index is 2.10. The van der Waals surface area contributed by atoms with Gasteiger partial charge in [-0.2, -0.15) is 16.5 Å². The smallest absolute Gasteiger partial charge is 0.303 e. The van der Waals surface area contributed by atoms with Crippen LogP contribution < -0.4 is 10.0 Å². The van der Waals surface area contributed by atoms with Crippen LogP contribution in [0.1, 0.15) is 25.3 Å². The summed E-state index contributed by atoms with van der Waals surface area (Å²) in [5.74, 6) is 0.132. The summed E-state index contributed by atoms with van der Waals surface area (Å²) in [4.78, 5) is 23.5. The van der Waals surface area contributed by atoms with Gasteiger partial charge in [0.05, 0.1) is 4.90 Å². The standard InChI is InChI=1S/C21H25ClN2O5S2/c1-2-30-14-13-19(24-31(28,29)18-10-6-16(22)7-11-18)21(27)23-17-8-3-15(4-9-17)5-12-20(25)26/h3-4,6-11,19,24H,2,5,12-14H2,1H3,(H,23,27)(H,25,26).